The summed E-state index contributed by atoms with van der Waals surface area (Å²) in [6.07, 6.45) is 5.66. The first-order valence-electron chi connectivity index (χ1n) is 8.47. The molecule has 1 aliphatic rings. The number of aromatic nitrogens is 3. The first-order chi connectivity index (χ1) is 10.7. The Hall–Kier alpha value is -1.62. The van der Waals surface area contributed by atoms with E-state index in [0.29, 0.717) is 6.04 Å². The van der Waals surface area contributed by atoms with Crippen molar-refractivity contribution in [2.75, 3.05) is 25.5 Å². The fourth-order valence-electron chi connectivity index (χ4n) is 3.48. The Bertz CT molecular complexity index is 653. The fourth-order valence-corrected chi connectivity index (χ4v) is 3.48. The smallest absolute Gasteiger partial charge is 0.157 e. The summed E-state index contributed by atoms with van der Waals surface area (Å²) in [5, 5.41) is 8.48. The van der Waals surface area contributed by atoms with Gasteiger partial charge in [-0.1, -0.05) is 20.3 Å². The van der Waals surface area contributed by atoms with Crippen LogP contribution in [0.2, 0.25) is 0 Å². The summed E-state index contributed by atoms with van der Waals surface area (Å²) in [5.41, 5.74) is 4.61. The van der Waals surface area contributed by atoms with Crippen molar-refractivity contribution in [3.63, 3.8) is 0 Å². The number of rotatable bonds is 4. The van der Waals surface area contributed by atoms with Crippen molar-refractivity contribution in [1.29, 1.82) is 0 Å². The molecule has 5 heteroatoms. The summed E-state index contributed by atoms with van der Waals surface area (Å²) in [6, 6.07) is 2.54. The highest BCUT2D eigenvalue weighted by molar-refractivity contribution is 5.57. The molecular formula is C17H27N5. The van der Waals surface area contributed by atoms with Crippen molar-refractivity contribution in [3.05, 3.63) is 23.0 Å². The molecule has 0 saturated carbocycles. The molecule has 2 aromatic rings. The number of hydrogen-bond acceptors (Lipinski definition) is 4. The van der Waals surface area contributed by atoms with Crippen LogP contribution < -0.4 is 10.2 Å². The van der Waals surface area contributed by atoms with Gasteiger partial charge in [0.25, 0.3) is 0 Å². The molecule has 0 aliphatic carbocycles. The molecule has 0 bridgehead atoms. The average Bonchev–Trinajstić information content (AvgIpc) is 2.96. The summed E-state index contributed by atoms with van der Waals surface area (Å²) in [4.78, 5) is 7.03. The van der Waals surface area contributed by atoms with Crippen LogP contribution in [0.15, 0.2) is 6.07 Å². The van der Waals surface area contributed by atoms with E-state index >= 15 is 0 Å². The van der Waals surface area contributed by atoms with Gasteiger partial charge < -0.3 is 10.2 Å². The van der Waals surface area contributed by atoms with E-state index in [0.717, 1.165) is 30.7 Å². The van der Waals surface area contributed by atoms with E-state index in [1.165, 1.54) is 36.3 Å². The molecule has 2 aromatic heterocycles. The lowest BCUT2D eigenvalue weighted by molar-refractivity contribution is 0.404. The van der Waals surface area contributed by atoms with Gasteiger partial charge in [-0.2, -0.15) is 9.61 Å². The lowest BCUT2D eigenvalue weighted by Crippen LogP contribution is -2.27. The molecule has 1 fully saturated rings. The van der Waals surface area contributed by atoms with E-state index in [1.807, 2.05) is 4.52 Å². The predicted molar refractivity (Wildman–Crippen MR) is 90.7 cm³/mol. The lowest BCUT2D eigenvalue weighted by Gasteiger charge is -2.21. The highest BCUT2D eigenvalue weighted by Crippen LogP contribution is 2.28. The van der Waals surface area contributed by atoms with E-state index in [9.17, 15) is 0 Å². The Balaban J connectivity index is 2.15. The van der Waals surface area contributed by atoms with Crippen molar-refractivity contribution in [2.45, 2.75) is 52.0 Å². The zero-order chi connectivity index (χ0) is 15.7. The van der Waals surface area contributed by atoms with Crippen LogP contribution in [0, 0.1) is 0 Å². The van der Waals surface area contributed by atoms with Crippen molar-refractivity contribution in [3.8, 4) is 0 Å². The number of fused-ring (bicyclic) bond motifs is 1. The van der Waals surface area contributed by atoms with Gasteiger partial charge in [-0.25, -0.2) is 4.98 Å². The molecule has 0 spiro atoms. The molecule has 1 atom stereocenters. The zero-order valence-electron chi connectivity index (χ0n) is 14.2. The topological polar surface area (TPSA) is 45.5 Å². The van der Waals surface area contributed by atoms with E-state index in [-0.39, 0.29) is 0 Å². The SMILES string of the molecule is CCc1nc2cc(C3CCCCN3)nn2c(N(C)C)c1CC. The fraction of sp³-hybridized carbons (Fsp3) is 0.647. The van der Waals surface area contributed by atoms with E-state index in [4.69, 9.17) is 10.1 Å². The van der Waals surface area contributed by atoms with Gasteiger partial charge in [-0.3, -0.25) is 0 Å². The summed E-state index contributed by atoms with van der Waals surface area (Å²) >= 11 is 0. The van der Waals surface area contributed by atoms with Crippen LogP contribution in [0.4, 0.5) is 5.82 Å². The molecule has 1 aliphatic heterocycles. The highest BCUT2D eigenvalue weighted by atomic mass is 15.3. The second kappa shape index (κ2) is 6.24. The number of piperidine rings is 1. The zero-order valence-corrected chi connectivity index (χ0v) is 14.2. The van der Waals surface area contributed by atoms with Gasteiger partial charge in [-0.15, -0.1) is 0 Å². The first kappa shape index (κ1) is 15.3. The lowest BCUT2D eigenvalue weighted by atomic mass is 10.0. The van der Waals surface area contributed by atoms with E-state index in [2.05, 4.69) is 44.2 Å². The summed E-state index contributed by atoms with van der Waals surface area (Å²) in [6.45, 7) is 5.46. The third-order valence-corrected chi connectivity index (χ3v) is 4.56. The summed E-state index contributed by atoms with van der Waals surface area (Å²) < 4.78 is 2.03. The van der Waals surface area contributed by atoms with Gasteiger partial charge in [0.05, 0.1) is 11.7 Å². The summed E-state index contributed by atoms with van der Waals surface area (Å²) in [7, 11) is 4.18. The molecule has 1 N–H and O–H groups in total. The quantitative estimate of drug-likeness (QED) is 0.943. The number of hydrogen-bond donors (Lipinski definition) is 1. The van der Waals surface area contributed by atoms with Gasteiger partial charge in [0.1, 0.15) is 5.82 Å². The van der Waals surface area contributed by atoms with Crippen molar-refractivity contribution < 1.29 is 0 Å². The average molecular weight is 301 g/mol. The molecular weight excluding hydrogens is 274 g/mol. The number of nitrogens with one attached hydrogen (secondary N) is 1. The minimum atomic E-state index is 0.376. The highest BCUT2D eigenvalue weighted by Gasteiger charge is 2.21. The normalized spacial score (nSPS) is 18.8. The first-order valence-corrected chi connectivity index (χ1v) is 8.47. The molecule has 120 valence electrons. The molecule has 3 rings (SSSR count). The van der Waals surface area contributed by atoms with Crippen LogP contribution in [-0.2, 0) is 12.8 Å². The Labute approximate surface area is 132 Å². The van der Waals surface area contributed by atoms with Gasteiger partial charge in [0.15, 0.2) is 5.65 Å². The largest absolute Gasteiger partial charge is 0.362 e. The monoisotopic (exact) mass is 301 g/mol. The standard InChI is InChI=1S/C17H27N5/c1-5-12-13(6-2)19-16-11-15(14-9-7-8-10-18-14)20-22(16)17(12)21(3)4/h11,14,18H,5-10H2,1-4H3. The predicted octanol–water partition coefficient (Wildman–Crippen LogP) is 2.73. The maximum atomic E-state index is 4.89. The molecule has 5 nitrogen and oxygen atoms in total. The van der Waals surface area contributed by atoms with Crippen LogP contribution in [-0.4, -0.2) is 35.2 Å². The van der Waals surface area contributed by atoms with Crippen molar-refractivity contribution >= 4 is 11.5 Å². The molecule has 0 aromatic carbocycles. The maximum absolute atomic E-state index is 4.89. The number of aryl methyl sites for hydroxylation is 1. The van der Waals surface area contributed by atoms with Crippen LogP contribution in [0.1, 0.15) is 56.1 Å². The van der Waals surface area contributed by atoms with E-state index in [1.54, 1.807) is 0 Å². The third kappa shape index (κ3) is 2.58. The third-order valence-electron chi connectivity index (χ3n) is 4.56. The minimum absolute atomic E-state index is 0.376. The Morgan fingerprint density at radius 1 is 1.27 bits per heavy atom. The maximum Gasteiger partial charge on any atom is 0.157 e. The van der Waals surface area contributed by atoms with Crippen LogP contribution in [0.3, 0.4) is 0 Å². The second-order valence-corrected chi connectivity index (χ2v) is 6.30. The minimum Gasteiger partial charge on any atom is -0.362 e. The molecule has 1 unspecified atom stereocenters. The van der Waals surface area contributed by atoms with Crippen LogP contribution in [0.5, 0.6) is 0 Å². The molecule has 22 heavy (non-hydrogen) atoms. The van der Waals surface area contributed by atoms with Crippen molar-refractivity contribution in [2.24, 2.45) is 0 Å². The molecule has 1 saturated heterocycles. The van der Waals surface area contributed by atoms with Gasteiger partial charge in [0, 0.05) is 31.4 Å². The second-order valence-electron chi connectivity index (χ2n) is 6.30. The number of nitrogens with zero attached hydrogens (tertiary/aromatic N) is 4. The Morgan fingerprint density at radius 3 is 2.68 bits per heavy atom. The Morgan fingerprint density at radius 2 is 2.09 bits per heavy atom. The van der Waals surface area contributed by atoms with Gasteiger partial charge >= 0.3 is 0 Å². The van der Waals surface area contributed by atoms with Gasteiger partial charge in [0.2, 0.25) is 0 Å². The van der Waals surface area contributed by atoms with Crippen LogP contribution in [0.25, 0.3) is 5.65 Å². The Kier molecular flexibility index (Phi) is 4.34. The number of anilines is 1. The van der Waals surface area contributed by atoms with Crippen LogP contribution >= 0.6 is 0 Å². The summed E-state index contributed by atoms with van der Waals surface area (Å²) in [5.74, 6) is 1.17. The van der Waals surface area contributed by atoms with Gasteiger partial charge in [-0.05, 0) is 32.2 Å². The molecule has 0 amide bonds. The van der Waals surface area contributed by atoms with Crippen molar-refractivity contribution in [1.82, 2.24) is 19.9 Å². The molecule has 3 heterocycles. The molecule has 0 radical (unpaired) electrons. The van der Waals surface area contributed by atoms with E-state index < -0.39 is 0 Å².